The molecule has 0 aromatic heterocycles. The molecule has 1 heterocycles. The minimum Gasteiger partial charge on any atom is -0.488 e. The van der Waals surface area contributed by atoms with Crippen LogP contribution in [0.1, 0.15) is 16.7 Å². The van der Waals surface area contributed by atoms with Crippen molar-refractivity contribution in [2.45, 2.75) is 19.1 Å². The Morgan fingerprint density at radius 1 is 1.20 bits per heavy atom. The molecule has 1 aliphatic heterocycles. The van der Waals surface area contributed by atoms with Gasteiger partial charge in [0.1, 0.15) is 11.9 Å². The summed E-state index contributed by atoms with van der Waals surface area (Å²) in [4.78, 5) is 4.23. The zero-order valence-electron chi connectivity index (χ0n) is 14.0. The number of hydrogen-bond acceptors (Lipinski definition) is 3. The molecule has 0 saturated carbocycles. The Labute approximate surface area is 165 Å². The van der Waals surface area contributed by atoms with Crippen molar-refractivity contribution in [1.29, 1.82) is 5.26 Å². The number of nitrogens with one attached hydrogen (secondary N) is 2. The molecule has 5 nitrogen and oxygen atoms in total. The Kier molecular flexibility index (Phi) is 7.07. The van der Waals surface area contributed by atoms with E-state index >= 15 is 0 Å². The van der Waals surface area contributed by atoms with E-state index in [1.54, 1.807) is 7.05 Å². The highest BCUT2D eigenvalue weighted by molar-refractivity contribution is 14.0. The number of rotatable bonds is 4. The summed E-state index contributed by atoms with van der Waals surface area (Å²) in [6.07, 6.45) is 1.03. The molecule has 6 heteroatoms. The lowest BCUT2D eigenvalue weighted by Crippen LogP contribution is -2.41. The summed E-state index contributed by atoms with van der Waals surface area (Å²) in [5.41, 5.74) is 3.02. The normalized spacial score (nSPS) is 15.4. The summed E-state index contributed by atoms with van der Waals surface area (Å²) in [5, 5.41) is 15.4. The molecule has 3 rings (SSSR count). The second kappa shape index (κ2) is 9.28. The van der Waals surface area contributed by atoms with Gasteiger partial charge < -0.3 is 15.4 Å². The highest BCUT2D eigenvalue weighted by Gasteiger charge is 2.22. The van der Waals surface area contributed by atoms with E-state index in [1.165, 1.54) is 5.56 Å². The highest BCUT2D eigenvalue weighted by Crippen LogP contribution is 2.27. The minimum absolute atomic E-state index is 0. The van der Waals surface area contributed by atoms with Crippen LogP contribution < -0.4 is 15.4 Å². The number of nitrogens with zero attached hydrogens (tertiary/aromatic N) is 2. The van der Waals surface area contributed by atoms with Gasteiger partial charge in [-0.05, 0) is 29.3 Å². The first-order valence-electron chi connectivity index (χ1n) is 7.96. The first kappa shape index (κ1) is 19.1. The zero-order valence-corrected chi connectivity index (χ0v) is 16.4. The number of halogens is 1. The molecule has 2 aromatic carbocycles. The van der Waals surface area contributed by atoms with E-state index in [-0.39, 0.29) is 30.1 Å². The molecule has 1 unspecified atom stereocenters. The number of fused-ring (bicyclic) bond motifs is 1. The summed E-state index contributed by atoms with van der Waals surface area (Å²) in [6, 6.07) is 17.8. The molecular weight excluding hydrogens is 427 g/mol. The van der Waals surface area contributed by atoms with Crippen LogP contribution in [-0.2, 0) is 13.0 Å². The summed E-state index contributed by atoms with van der Waals surface area (Å²) < 4.78 is 5.91. The summed E-state index contributed by atoms with van der Waals surface area (Å²) in [7, 11) is 1.75. The van der Waals surface area contributed by atoms with Gasteiger partial charge in [0.05, 0.1) is 18.2 Å². The van der Waals surface area contributed by atoms with Gasteiger partial charge in [0.2, 0.25) is 0 Å². The Morgan fingerprint density at radius 3 is 2.64 bits per heavy atom. The number of guanidine groups is 1. The first-order chi connectivity index (χ1) is 11.8. The molecule has 0 radical (unpaired) electrons. The van der Waals surface area contributed by atoms with Crippen LogP contribution in [0.2, 0.25) is 0 Å². The first-order valence-corrected chi connectivity index (χ1v) is 7.96. The molecule has 25 heavy (non-hydrogen) atoms. The molecule has 130 valence electrons. The van der Waals surface area contributed by atoms with Crippen molar-refractivity contribution < 1.29 is 4.74 Å². The van der Waals surface area contributed by atoms with Gasteiger partial charge in [-0.25, -0.2) is 0 Å². The number of hydrogen-bond donors (Lipinski definition) is 2. The van der Waals surface area contributed by atoms with Crippen molar-refractivity contribution in [3.63, 3.8) is 0 Å². The number of aliphatic imine (C=N–C) groups is 1. The van der Waals surface area contributed by atoms with Crippen LogP contribution in [0, 0.1) is 11.3 Å². The molecule has 2 N–H and O–H groups in total. The van der Waals surface area contributed by atoms with E-state index in [4.69, 9.17) is 10.00 Å². The second-order valence-corrected chi connectivity index (χ2v) is 5.67. The van der Waals surface area contributed by atoms with E-state index in [2.05, 4.69) is 27.8 Å². The van der Waals surface area contributed by atoms with E-state index in [9.17, 15) is 0 Å². The van der Waals surface area contributed by atoms with Crippen LogP contribution in [0.25, 0.3) is 0 Å². The SMILES string of the molecule is CN=C(NCc1ccc(C#N)cc1)NCC1Cc2ccccc2O1.I. The summed E-state index contributed by atoms with van der Waals surface area (Å²) in [5.74, 6) is 1.71. The van der Waals surface area contributed by atoms with Crippen LogP contribution in [0.15, 0.2) is 53.5 Å². The Balaban J connectivity index is 0.00000225. The van der Waals surface area contributed by atoms with Gasteiger partial charge in [0.25, 0.3) is 0 Å². The standard InChI is InChI=1S/C19H20N4O.HI/c1-21-19(22-12-15-8-6-14(11-20)7-9-15)23-13-17-10-16-4-2-3-5-18(16)24-17;/h2-9,17H,10,12-13H2,1H3,(H2,21,22,23);1H. The minimum atomic E-state index is 0. The van der Waals surface area contributed by atoms with Crippen molar-refractivity contribution in [2.24, 2.45) is 4.99 Å². The van der Waals surface area contributed by atoms with Crippen LogP contribution in [0.4, 0.5) is 0 Å². The maximum atomic E-state index is 8.82. The zero-order chi connectivity index (χ0) is 16.8. The molecule has 1 atom stereocenters. The monoisotopic (exact) mass is 448 g/mol. The van der Waals surface area contributed by atoms with Crippen LogP contribution >= 0.6 is 24.0 Å². The van der Waals surface area contributed by atoms with E-state index in [0.717, 1.165) is 23.7 Å². The third kappa shape index (κ3) is 5.10. The van der Waals surface area contributed by atoms with Gasteiger partial charge in [-0.1, -0.05) is 30.3 Å². The largest absolute Gasteiger partial charge is 0.488 e. The third-order valence-corrected chi connectivity index (χ3v) is 3.98. The quantitative estimate of drug-likeness (QED) is 0.429. The Hall–Kier alpha value is -2.27. The predicted octanol–water partition coefficient (Wildman–Crippen LogP) is 2.84. The Morgan fingerprint density at radius 2 is 1.96 bits per heavy atom. The topological polar surface area (TPSA) is 69.4 Å². The third-order valence-electron chi connectivity index (χ3n) is 3.98. The van der Waals surface area contributed by atoms with Crippen molar-refractivity contribution >= 4 is 29.9 Å². The van der Waals surface area contributed by atoms with Gasteiger partial charge in [0, 0.05) is 20.0 Å². The van der Waals surface area contributed by atoms with Gasteiger partial charge in [0.15, 0.2) is 5.96 Å². The van der Waals surface area contributed by atoms with Gasteiger partial charge in [-0.15, -0.1) is 24.0 Å². The molecule has 0 spiro atoms. The molecule has 2 aromatic rings. The molecule has 0 fully saturated rings. The smallest absolute Gasteiger partial charge is 0.191 e. The summed E-state index contributed by atoms with van der Waals surface area (Å²) >= 11 is 0. The van der Waals surface area contributed by atoms with E-state index in [0.29, 0.717) is 18.7 Å². The fourth-order valence-corrected chi connectivity index (χ4v) is 2.68. The van der Waals surface area contributed by atoms with Gasteiger partial charge in [-0.3, -0.25) is 4.99 Å². The molecule has 0 bridgehead atoms. The lowest BCUT2D eigenvalue weighted by molar-refractivity contribution is 0.235. The van der Waals surface area contributed by atoms with Crippen LogP contribution in [0.5, 0.6) is 5.75 Å². The molecular formula is C19H21IN4O. The number of para-hydroxylation sites is 1. The number of nitriles is 1. The van der Waals surface area contributed by atoms with Crippen molar-refractivity contribution in [1.82, 2.24) is 10.6 Å². The average molecular weight is 448 g/mol. The second-order valence-electron chi connectivity index (χ2n) is 5.67. The number of benzene rings is 2. The van der Waals surface area contributed by atoms with Gasteiger partial charge in [-0.2, -0.15) is 5.26 Å². The lowest BCUT2D eigenvalue weighted by atomic mass is 10.1. The molecule has 0 aliphatic carbocycles. The average Bonchev–Trinajstić information content (AvgIpc) is 3.05. The van der Waals surface area contributed by atoms with Crippen LogP contribution in [0.3, 0.4) is 0 Å². The number of ether oxygens (including phenoxy) is 1. The molecule has 0 amide bonds. The van der Waals surface area contributed by atoms with Crippen molar-refractivity contribution in [3.8, 4) is 11.8 Å². The Bertz CT molecular complexity index is 743. The fourth-order valence-electron chi connectivity index (χ4n) is 2.68. The molecule has 0 saturated heterocycles. The molecule has 1 aliphatic rings. The van der Waals surface area contributed by atoms with Crippen molar-refractivity contribution in [2.75, 3.05) is 13.6 Å². The predicted molar refractivity (Wildman–Crippen MR) is 109 cm³/mol. The van der Waals surface area contributed by atoms with Crippen molar-refractivity contribution in [3.05, 3.63) is 65.2 Å². The van der Waals surface area contributed by atoms with Crippen LogP contribution in [-0.4, -0.2) is 25.7 Å². The highest BCUT2D eigenvalue weighted by atomic mass is 127. The summed E-state index contributed by atoms with van der Waals surface area (Å²) in [6.45, 7) is 1.35. The maximum Gasteiger partial charge on any atom is 0.191 e. The van der Waals surface area contributed by atoms with Gasteiger partial charge >= 0.3 is 0 Å². The van der Waals surface area contributed by atoms with E-state index in [1.807, 2.05) is 42.5 Å². The fraction of sp³-hybridized carbons (Fsp3) is 0.263. The maximum absolute atomic E-state index is 8.82. The lowest BCUT2D eigenvalue weighted by Gasteiger charge is -2.15. The van der Waals surface area contributed by atoms with E-state index < -0.39 is 0 Å².